The molecule has 0 saturated carbocycles. The largest absolute Gasteiger partial charge is 0.431 e. The normalized spacial score (nSPS) is 10.2. The average Bonchev–Trinajstić information content (AvgIpc) is 2.52. The summed E-state index contributed by atoms with van der Waals surface area (Å²) in [6.45, 7) is 4.18. The van der Waals surface area contributed by atoms with Crippen LogP contribution in [0.3, 0.4) is 0 Å². The molecule has 0 aliphatic rings. The summed E-state index contributed by atoms with van der Waals surface area (Å²) in [6.07, 6.45) is 1.51. The van der Waals surface area contributed by atoms with E-state index < -0.39 is 0 Å². The number of amides is 1. The number of carbonyl (C=O) groups is 1. The molecule has 14 heavy (non-hydrogen) atoms. The summed E-state index contributed by atoms with van der Waals surface area (Å²) in [4.78, 5) is 16.7. The van der Waals surface area contributed by atoms with E-state index in [2.05, 4.69) is 4.98 Å². The van der Waals surface area contributed by atoms with Gasteiger partial charge in [0.15, 0.2) is 0 Å². The fraction of sp³-hybridized carbons (Fsp3) is 0.556. The Hall–Kier alpha value is -1.36. The van der Waals surface area contributed by atoms with Crippen molar-refractivity contribution in [3.63, 3.8) is 0 Å². The first-order chi connectivity index (χ1) is 6.65. The topological polar surface area (TPSA) is 55.6 Å². The Morgan fingerprint density at radius 1 is 1.71 bits per heavy atom. The third kappa shape index (κ3) is 2.56. The highest BCUT2D eigenvalue weighted by atomic mass is 16.5. The molecule has 5 nitrogen and oxygen atoms in total. The Morgan fingerprint density at radius 3 is 2.86 bits per heavy atom. The van der Waals surface area contributed by atoms with Gasteiger partial charge in [0.2, 0.25) is 5.91 Å². The molecular weight excluding hydrogens is 184 g/mol. The van der Waals surface area contributed by atoms with E-state index in [0.717, 1.165) is 5.69 Å². The molecular formula is C9H14N2O3. The maximum absolute atomic E-state index is 11.2. The molecule has 0 unspecified atom stereocenters. The Balaban J connectivity index is 2.72. The van der Waals surface area contributed by atoms with Gasteiger partial charge in [-0.05, 0) is 6.92 Å². The summed E-state index contributed by atoms with van der Waals surface area (Å²) >= 11 is 0. The van der Waals surface area contributed by atoms with Crippen LogP contribution in [0, 0.1) is 6.92 Å². The summed E-state index contributed by atoms with van der Waals surface area (Å²) in [5.41, 5.74) is 0.753. The van der Waals surface area contributed by atoms with Gasteiger partial charge >= 0.3 is 6.01 Å². The van der Waals surface area contributed by atoms with Crippen LogP contribution >= 0.6 is 0 Å². The number of aryl methyl sites for hydroxylation is 1. The first-order valence-electron chi connectivity index (χ1n) is 4.34. The number of rotatable bonds is 4. The van der Waals surface area contributed by atoms with Gasteiger partial charge in [-0.2, -0.15) is 4.98 Å². The molecule has 0 spiro atoms. The predicted molar refractivity (Wildman–Crippen MR) is 51.1 cm³/mol. The van der Waals surface area contributed by atoms with Crippen LogP contribution in [0.25, 0.3) is 0 Å². The molecule has 0 fully saturated rings. The van der Waals surface area contributed by atoms with Crippen molar-refractivity contribution in [2.75, 3.05) is 25.2 Å². The number of hydrogen-bond acceptors (Lipinski definition) is 4. The third-order valence-corrected chi connectivity index (χ3v) is 1.74. The van der Waals surface area contributed by atoms with Crippen molar-refractivity contribution in [2.45, 2.75) is 13.8 Å². The monoisotopic (exact) mass is 198 g/mol. The lowest BCUT2D eigenvalue weighted by molar-refractivity contribution is -0.116. The number of hydrogen-bond donors (Lipinski definition) is 0. The lowest BCUT2D eigenvalue weighted by atomic mass is 10.5. The Kier molecular flexibility index (Phi) is 3.64. The second-order valence-electron chi connectivity index (χ2n) is 2.93. The second kappa shape index (κ2) is 4.76. The van der Waals surface area contributed by atoms with Crippen LogP contribution in [0.5, 0.6) is 0 Å². The van der Waals surface area contributed by atoms with E-state index in [-0.39, 0.29) is 5.91 Å². The van der Waals surface area contributed by atoms with E-state index in [1.165, 1.54) is 18.1 Å². The standard InChI is InChI=1S/C9H14N2O3/c1-7-6-14-9(10-7)11(8(2)12)4-5-13-3/h6H,4-5H2,1-3H3. The van der Waals surface area contributed by atoms with Crippen molar-refractivity contribution in [1.29, 1.82) is 0 Å². The van der Waals surface area contributed by atoms with Gasteiger partial charge < -0.3 is 9.15 Å². The second-order valence-corrected chi connectivity index (χ2v) is 2.93. The van der Waals surface area contributed by atoms with E-state index in [1.54, 1.807) is 7.11 Å². The van der Waals surface area contributed by atoms with E-state index in [1.807, 2.05) is 6.92 Å². The molecule has 1 amide bonds. The molecule has 5 heteroatoms. The van der Waals surface area contributed by atoms with Crippen LogP contribution in [-0.4, -0.2) is 31.2 Å². The fourth-order valence-corrected chi connectivity index (χ4v) is 1.04. The van der Waals surface area contributed by atoms with E-state index in [9.17, 15) is 4.79 Å². The van der Waals surface area contributed by atoms with Gasteiger partial charge in [-0.15, -0.1) is 0 Å². The van der Waals surface area contributed by atoms with E-state index >= 15 is 0 Å². The van der Waals surface area contributed by atoms with Gasteiger partial charge in [0.25, 0.3) is 0 Å². The summed E-state index contributed by atoms with van der Waals surface area (Å²) in [7, 11) is 1.58. The minimum absolute atomic E-state index is 0.107. The molecule has 0 aliphatic heterocycles. The number of oxazole rings is 1. The molecule has 1 aromatic rings. The summed E-state index contributed by atoms with van der Waals surface area (Å²) in [6, 6.07) is 0.326. The van der Waals surface area contributed by atoms with Crippen LogP contribution < -0.4 is 4.90 Å². The lowest BCUT2D eigenvalue weighted by Gasteiger charge is -2.15. The van der Waals surface area contributed by atoms with Gasteiger partial charge in [0.1, 0.15) is 6.26 Å². The highest BCUT2D eigenvalue weighted by Crippen LogP contribution is 2.12. The quantitative estimate of drug-likeness (QED) is 0.723. The highest BCUT2D eigenvalue weighted by Gasteiger charge is 2.15. The number of anilines is 1. The summed E-state index contributed by atoms with van der Waals surface area (Å²) in [5, 5.41) is 0. The van der Waals surface area contributed by atoms with Crippen LogP contribution in [0.15, 0.2) is 10.7 Å². The van der Waals surface area contributed by atoms with Gasteiger partial charge in [-0.25, -0.2) is 0 Å². The van der Waals surface area contributed by atoms with Gasteiger partial charge in [0.05, 0.1) is 18.8 Å². The summed E-state index contributed by atoms with van der Waals surface area (Å²) < 4.78 is 10.0. The Bertz CT molecular complexity index is 309. The van der Waals surface area contributed by atoms with Crippen molar-refractivity contribution in [1.82, 2.24) is 4.98 Å². The van der Waals surface area contributed by atoms with Crippen LogP contribution in [-0.2, 0) is 9.53 Å². The molecule has 0 bridgehead atoms. The number of nitrogens with zero attached hydrogens (tertiary/aromatic N) is 2. The molecule has 0 saturated heterocycles. The minimum atomic E-state index is -0.107. The zero-order chi connectivity index (χ0) is 10.6. The van der Waals surface area contributed by atoms with Crippen molar-refractivity contribution in [3.05, 3.63) is 12.0 Å². The van der Waals surface area contributed by atoms with Crippen molar-refractivity contribution in [2.24, 2.45) is 0 Å². The zero-order valence-corrected chi connectivity index (χ0v) is 8.61. The summed E-state index contributed by atoms with van der Waals surface area (Å²) in [5.74, 6) is -0.107. The molecule has 0 N–H and O–H groups in total. The Morgan fingerprint density at radius 2 is 2.43 bits per heavy atom. The van der Waals surface area contributed by atoms with Crippen LogP contribution in [0.4, 0.5) is 6.01 Å². The van der Waals surface area contributed by atoms with E-state index in [0.29, 0.717) is 19.2 Å². The molecule has 1 heterocycles. The molecule has 1 rings (SSSR count). The predicted octanol–water partition coefficient (Wildman–Crippen LogP) is 0.982. The fourth-order valence-electron chi connectivity index (χ4n) is 1.04. The molecule has 0 atom stereocenters. The van der Waals surface area contributed by atoms with Crippen LogP contribution in [0.1, 0.15) is 12.6 Å². The van der Waals surface area contributed by atoms with Gasteiger partial charge in [-0.3, -0.25) is 9.69 Å². The van der Waals surface area contributed by atoms with Crippen LogP contribution in [0.2, 0.25) is 0 Å². The average molecular weight is 198 g/mol. The smallest absolute Gasteiger partial charge is 0.304 e. The molecule has 0 aromatic carbocycles. The first kappa shape index (κ1) is 10.7. The number of carbonyl (C=O) groups excluding carboxylic acids is 1. The highest BCUT2D eigenvalue weighted by molar-refractivity contribution is 5.89. The minimum Gasteiger partial charge on any atom is -0.431 e. The maximum Gasteiger partial charge on any atom is 0.304 e. The maximum atomic E-state index is 11.2. The number of ether oxygens (including phenoxy) is 1. The molecule has 0 aliphatic carbocycles. The van der Waals surface area contributed by atoms with Crippen molar-refractivity contribution < 1.29 is 13.9 Å². The van der Waals surface area contributed by atoms with Crippen molar-refractivity contribution in [3.8, 4) is 0 Å². The third-order valence-electron chi connectivity index (χ3n) is 1.74. The van der Waals surface area contributed by atoms with E-state index in [4.69, 9.17) is 9.15 Å². The van der Waals surface area contributed by atoms with Gasteiger partial charge in [0, 0.05) is 14.0 Å². The zero-order valence-electron chi connectivity index (χ0n) is 8.61. The first-order valence-corrected chi connectivity index (χ1v) is 4.34. The molecule has 78 valence electrons. The Labute approximate surface area is 82.7 Å². The van der Waals surface area contributed by atoms with Gasteiger partial charge in [-0.1, -0.05) is 0 Å². The molecule has 1 aromatic heterocycles. The number of aromatic nitrogens is 1. The number of methoxy groups -OCH3 is 1. The molecule has 0 radical (unpaired) electrons. The SMILES string of the molecule is COCCN(C(C)=O)c1nc(C)co1. The lowest BCUT2D eigenvalue weighted by Crippen LogP contribution is -2.32. The van der Waals surface area contributed by atoms with Crippen molar-refractivity contribution >= 4 is 11.9 Å².